The van der Waals surface area contributed by atoms with E-state index in [1.165, 1.54) is 13.2 Å². The molecule has 3 aromatic rings. The van der Waals surface area contributed by atoms with Crippen molar-refractivity contribution >= 4 is 29.3 Å². The van der Waals surface area contributed by atoms with Crippen LogP contribution in [0.4, 0.5) is 11.4 Å². The van der Waals surface area contributed by atoms with Crippen LogP contribution in [-0.2, 0) is 9.59 Å². The number of benzene rings is 2. The Labute approximate surface area is 174 Å². The number of aromatic nitrogens is 1. The van der Waals surface area contributed by atoms with Crippen LogP contribution in [0, 0.1) is 0 Å². The Balaban J connectivity index is 1.54. The number of nitrogens with zero attached hydrogens (tertiary/aromatic N) is 1. The molecule has 7 nitrogen and oxygen atoms in total. The summed E-state index contributed by atoms with van der Waals surface area (Å²) in [4.78, 5) is 28.3. The Kier molecular flexibility index (Phi) is 7.16. The molecule has 0 atom stereocenters. The van der Waals surface area contributed by atoms with Crippen LogP contribution < -0.4 is 20.1 Å². The van der Waals surface area contributed by atoms with Crippen molar-refractivity contribution in [1.82, 2.24) is 4.98 Å². The minimum atomic E-state index is -0.333. The molecule has 0 saturated heterocycles. The van der Waals surface area contributed by atoms with E-state index in [4.69, 9.17) is 9.47 Å². The van der Waals surface area contributed by atoms with Gasteiger partial charge in [0.15, 0.2) is 18.1 Å². The number of pyridine rings is 1. The quantitative estimate of drug-likeness (QED) is 0.559. The number of carbonyl (C=O) groups is 2. The van der Waals surface area contributed by atoms with E-state index in [1.54, 1.807) is 67.0 Å². The molecule has 0 aliphatic heterocycles. The highest BCUT2D eigenvalue weighted by Gasteiger charge is 2.08. The summed E-state index contributed by atoms with van der Waals surface area (Å²) in [5, 5.41) is 5.49. The molecule has 1 aromatic heterocycles. The smallest absolute Gasteiger partial charge is 0.262 e. The molecular weight excluding hydrogens is 382 g/mol. The fraction of sp³-hybridized carbons (Fsp3) is 0.0870. The molecule has 0 unspecified atom stereocenters. The van der Waals surface area contributed by atoms with Crippen LogP contribution in [0.2, 0.25) is 0 Å². The summed E-state index contributed by atoms with van der Waals surface area (Å²) in [6, 6.07) is 17.6. The zero-order chi connectivity index (χ0) is 21.2. The molecule has 0 fully saturated rings. The summed E-state index contributed by atoms with van der Waals surface area (Å²) in [5.74, 6) is 0.411. The Morgan fingerprint density at radius 3 is 2.47 bits per heavy atom. The molecule has 30 heavy (non-hydrogen) atoms. The first kappa shape index (κ1) is 20.6. The van der Waals surface area contributed by atoms with Gasteiger partial charge in [-0.05, 0) is 48.0 Å². The van der Waals surface area contributed by atoms with Crippen molar-refractivity contribution < 1.29 is 19.1 Å². The van der Waals surface area contributed by atoms with Gasteiger partial charge in [0.2, 0.25) is 5.91 Å². The number of nitrogens with one attached hydrogen (secondary N) is 2. The molecule has 1 heterocycles. The maximum atomic E-state index is 12.2. The van der Waals surface area contributed by atoms with Crippen LogP contribution in [0.5, 0.6) is 11.5 Å². The van der Waals surface area contributed by atoms with E-state index < -0.39 is 0 Å². The van der Waals surface area contributed by atoms with Gasteiger partial charge >= 0.3 is 0 Å². The SMILES string of the molecule is COc1ccccc1OCC(=O)Nc1cccc(NC(=O)/C=C/c2cccnc2)c1. The normalized spacial score (nSPS) is 10.4. The molecule has 0 radical (unpaired) electrons. The van der Waals surface area contributed by atoms with Gasteiger partial charge in [-0.3, -0.25) is 14.6 Å². The number of amides is 2. The molecule has 0 aliphatic rings. The van der Waals surface area contributed by atoms with Crippen molar-refractivity contribution in [2.75, 3.05) is 24.4 Å². The fourth-order valence-electron chi connectivity index (χ4n) is 2.58. The molecule has 2 N–H and O–H groups in total. The molecule has 152 valence electrons. The third kappa shape index (κ3) is 6.20. The Morgan fingerprint density at radius 1 is 0.967 bits per heavy atom. The van der Waals surface area contributed by atoms with Crippen LogP contribution in [0.3, 0.4) is 0 Å². The highest BCUT2D eigenvalue weighted by molar-refractivity contribution is 6.02. The monoisotopic (exact) mass is 403 g/mol. The van der Waals surface area contributed by atoms with Crippen LogP contribution in [0.1, 0.15) is 5.56 Å². The van der Waals surface area contributed by atoms with Gasteiger partial charge in [0.05, 0.1) is 7.11 Å². The summed E-state index contributed by atoms with van der Waals surface area (Å²) < 4.78 is 10.7. The van der Waals surface area contributed by atoms with E-state index >= 15 is 0 Å². The van der Waals surface area contributed by atoms with Crippen LogP contribution in [0.15, 0.2) is 79.1 Å². The van der Waals surface area contributed by atoms with Crippen molar-refractivity contribution in [1.29, 1.82) is 0 Å². The number of methoxy groups -OCH3 is 1. The molecule has 7 heteroatoms. The number of ether oxygens (including phenoxy) is 2. The van der Waals surface area contributed by atoms with Gasteiger partial charge in [-0.25, -0.2) is 0 Å². The largest absolute Gasteiger partial charge is 0.493 e. The second-order valence-corrected chi connectivity index (χ2v) is 6.18. The number of rotatable bonds is 8. The lowest BCUT2D eigenvalue weighted by Gasteiger charge is -2.11. The fourth-order valence-corrected chi connectivity index (χ4v) is 2.58. The summed E-state index contributed by atoms with van der Waals surface area (Å²) in [5.41, 5.74) is 1.92. The summed E-state index contributed by atoms with van der Waals surface area (Å²) in [6.45, 7) is -0.176. The molecule has 0 aliphatic carbocycles. The number of anilines is 2. The average Bonchev–Trinajstić information content (AvgIpc) is 2.77. The van der Waals surface area contributed by atoms with Gasteiger partial charge < -0.3 is 20.1 Å². The number of para-hydroxylation sites is 2. The van der Waals surface area contributed by atoms with Gasteiger partial charge in [-0.2, -0.15) is 0 Å². The summed E-state index contributed by atoms with van der Waals surface area (Å²) in [6.07, 6.45) is 6.41. The highest BCUT2D eigenvalue weighted by atomic mass is 16.5. The van der Waals surface area contributed by atoms with Gasteiger partial charge in [-0.1, -0.05) is 24.3 Å². The zero-order valence-electron chi connectivity index (χ0n) is 16.4. The van der Waals surface area contributed by atoms with Gasteiger partial charge in [0.25, 0.3) is 5.91 Å². The third-order valence-electron chi connectivity index (χ3n) is 3.95. The Morgan fingerprint density at radius 2 is 1.73 bits per heavy atom. The summed E-state index contributed by atoms with van der Waals surface area (Å²) in [7, 11) is 1.54. The maximum Gasteiger partial charge on any atom is 0.262 e. The van der Waals surface area contributed by atoms with E-state index in [1.807, 2.05) is 12.1 Å². The molecule has 3 rings (SSSR count). The lowest BCUT2D eigenvalue weighted by molar-refractivity contribution is -0.118. The minimum absolute atomic E-state index is 0.176. The highest BCUT2D eigenvalue weighted by Crippen LogP contribution is 2.25. The molecule has 2 aromatic carbocycles. The second kappa shape index (κ2) is 10.4. The van der Waals surface area contributed by atoms with E-state index in [9.17, 15) is 9.59 Å². The first-order valence-electron chi connectivity index (χ1n) is 9.19. The standard InChI is InChI=1S/C23H21N3O4/c1-29-20-9-2-3-10-21(20)30-16-23(28)26-19-8-4-7-18(14-19)25-22(27)12-11-17-6-5-13-24-15-17/h2-15H,16H2,1H3,(H,25,27)(H,26,28)/b12-11+. The van der Waals surface area contributed by atoms with E-state index in [-0.39, 0.29) is 18.4 Å². The second-order valence-electron chi connectivity index (χ2n) is 6.18. The molecule has 0 spiro atoms. The Hall–Kier alpha value is -4.13. The molecular formula is C23H21N3O4. The van der Waals surface area contributed by atoms with Crippen molar-refractivity contribution in [2.24, 2.45) is 0 Å². The van der Waals surface area contributed by atoms with Gasteiger partial charge in [0, 0.05) is 29.8 Å². The van der Waals surface area contributed by atoms with Crippen LogP contribution in [0.25, 0.3) is 6.08 Å². The van der Waals surface area contributed by atoms with Crippen molar-refractivity contribution in [2.45, 2.75) is 0 Å². The number of carbonyl (C=O) groups excluding carboxylic acids is 2. The van der Waals surface area contributed by atoms with Gasteiger partial charge in [0.1, 0.15) is 0 Å². The zero-order valence-corrected chi connectivity index (χ0v) is 16.4. The summed E-state index contributed by atoms with van der Waals surface area (Å²) >= 11 is 0. The van der Waals surface area contributed by atoms with Gasteiger partial charge in [-0.15, -0.1) is 0 Å². The number of hydrogen-bond acceptors (Lipinski definition) is 5. The first-order valence-corrected chi connectivity index (χ1v) is 9.19. The van der Waals surface area contributed by atoms with Crippen molar-refractivity contribution in [3.63, 3.8) is 0 Å². The van der Waals surface area contributed by atoms with Crippen molar-refractivity contribution in [3.8, 4) is 11.5 Å². The number of hydrogen-bond donors (Lipinski definition) is 2. The topological polar surface area (TPSA) is 89.5 Å². The van der Waals surface area contributed by atoms with E-state index in [2.05, 4.69) is 15.6 Å². The predicted molar refractivity (Wildman–Crippen MR) is 115 cm³/mol. The molecule has 0 bridgehead atoms. The first-order chi connectivity index (χ1) is 14.6. The predicted octanol–water partition coefficient (Wildman–Crippen LogP) is 3.76. The lowest BCUT2D eigenvalue weighted by atomic mass is 10.2. The Bertz CT molecular complexity index is 1040. The minimum Gasteiger partial charge on any atom is -0.493 e. The van der Waals surface area contributed by atoms with Crippen molar-refractivity contribution in [3.05, 3.63) is 84.7 Å². The van der Waals surface area contributed by atoms with Crippen LogP contribution in [-0.4, -0.2) is 30.5 Å². The lowest BCUT2D eigenvalue weighted by Crippen LogP contribution is -2.20. The molecule has 0 saturated carbocycles. The van der Waals surface area contributed by atoms with Crippen LogP contribution >= 0.6 is 0 Å². The third-order valence-corrected chi connectivity index (χ3v) is 3.95. The molecule has 2 amide bonds. The maximum absolute atomic E-state index is 12.2. The van der Waals surface area contributed by atoms with E-state index in [0.717, 1.165) is 5.56 Å². The van der Waals surface area contributed by atoms with E-state index in [0.29, 0.717) is 22.9 Å². The average molecular weight is 403 g/mol.